The summed E-state index contributed by atoms with van der Waals surface area (Å²) < 4.78 is 0. The Morgan fingerprint density at radius 3 is 1.88 bits per heavy atom. The molecule has 0 aromatic heterocycles. The van der Waals surface area contributed by atoms with E-state index in [1.54, 1.807) is 13.8 Å². The van der Waals surface area contributed by atoms with E-state index in [1.807, 2.05) is 13.8 Å². The summed E-state index contributed by atoms with van der Waals surface area (Å²) in [5.41, 5.74) is 11.5. The van der Waals surface area contributed by atoms with Crippen LogP contribution < -0.4 is 27.4 Å². The lowest BCUT2D eigenvalue weighted by Gasteiger charge is -2.27. The first-order chi connectivity index (χ1) is 15.3. The molecule has 0 heterocycles. The molecule has 0 aliphatic rings. The number of nitrogens with two attached hydrogens (primary N) is 2. The van der Waals surface area contributed by atoms with Crippen LogP contribution in [0.1, 0.15) is 59.8 Å². The second kappa shape index (κ2) is 15.2. The fourth-order valence-electron chi connectivity index (χ4n) is 2.97. The summed E-state index contributed by atoms with van der Waals surface area (Å²) in [6.07, 6.45) is 1.30. The van der Waals surface area contributed by atoms with Gasteiger partial charge in [0.25, 0.3) is 0 Å². The van der Waals surface area contributed by atoms with Crippen molar-refractivity contribution in [2.45, 2.75) is 84.0 Å². The number of unbranched alkanes of at least 4 members (excludes halogenated alkanes) is 1. The lowest BCUT2D eigenvalue weighted by atomic mass is 9.98. The smallest absolute Gasteiger partial charge is 0.326 e. The van der Waals surface area contributed by atoms with Gasteiger partial charge in [0.1, 0.15) is 18.1 Å². The Balaban J connectivity index is 5.47. The molecule has 9 N–H and O–H groups in total. The maximum absolute atomic E-state index is 13.0. The van der Waals surface area contributed by atoms with Crippen LogP contribution in [0.15, 0.2) is 0 Å². The van der Waals surface area contributed by atoms with Gasteiger partial charge in [-0.25, -0.2) is 4.79 Å². The largest absolute Gasteiger partial charge is 0.481 e. The summed E-state index contributed by atoms with van der Waals surface area (Å²) in [7, 11) is 0. The molecule has 5 atom stereocenters. The minimum atomic E-state index is -1.65. The van der Waals surface area contributed by atoms with Gasteiger partial charge in [-0.05, 0) is 37.6 Å². The summed E-state index contributed by atoms with van der Waals surface area (Å²) >= 11 is 0. The SMILES string of the molecule is CCC(C)C(N)C(=O)NC(CCCCN)C(=O)NC(C(=O)NC(CC(=O)O)C(=O)O)C(C)C. The van der Waals surface area contributed by atoms with Gasteiger partial charge in [0.2, 0.25) is 17.7 Å². The minimum absolute atomic E-state index is 0.103. The first kappa shape index (κ1) is 30.3. The van der Waals surface area contributed by atoms with Crippen LogP contribution in [0.4, 0.5) is 0 Å². The van der Waals surface area contributed by atoms with Gasteiger partial charge in [-0.2, -0.15) is 0 Å². The molecule has 12 nitrogen and oxygen atoms in total. The lowest BCUT2D eigenvalue weighted by Crippen LogP contribution is -2.59. The Labute approximate surface area is 194 Å². The first-order valence-corrected chi connectivity index (χ1v) is 11.2. The summed E-state index contributed by atoms with van der Waals surface area (Å²) in [6.45, 7) is 7.40. The monoisotopic (exact) mass is 473 g/mol. The van der Waals surface area contributed by atoms with Crippen molar-refractivity contribution in [3.8, 4) is 0 Å². The van der Waals surface area contributed by atoms with Gasteiger partial charge in [-0.1, -0.05) is 34.1 Å². The van der Waals surface area contributed by atoms with Gasteiger partial charge in [0.15, 0.2) is 0 Å². The molecule has 0 radical (unpaired) electrons. The molecule has 0 saturated carbocycles. The molecular weight excluding hydrogens is 434 g/mol. The number of amides is 3. The predicted octanol–water partition coefficient (Wildman–Crippen LogP) is -0.841. The Bertz CT molecular complexity index is 686. The van der Waals surface area contributed by atoms with E-state index in [-0.39, 0.29) is 12.3 Å². The number of hydrogen-bond donors (Lipinski definition) is 7. The fraction of sp³-hybridized carbons (Fsp3) is 0.762. The highest BCUT2D eigenvalue weighted by Gasteiger charge is 2.32. The first-order valence-electron chi connectivity index (χ1n) is 11.2. The van der Waals surface area contributed by atoms with Gasteiger partial charge in [-0.15, -0.1) is 0 Å². The topological polar surface area (TPSA) is 214 Å². The molecule has 0 aromatic carbocycles. The number of carbonyl (C=O) groups is 5. The molecule has 0 spiro atoms. The number of carboxylic acid groups (broad SMARTS) is 2. The molecule has 33 heavy (non-hydrogen) atoms. The van der Waals surface area contributed by atoms with Crippen molar-refractivity contribution in [1.82, 2.24) is 16.0 Å². The highest BCUT2D eigenvalue weighted by Crippen LogP contribution is 2.09. The zero-order valence-corrected chi connectivity index (χ0v) is 19.8. The minimum Gasteiger partial charge on any atom is -0.481 e. The molecule has 5 unspecified atom stereocenters. The number of nitrogens with one attached hydrogen (secondary N) is 3. The Hall–Kier alpha value is -2.73. The van der Waals surface area contributed by atoms with Crippen molar-refractivity contribution < 1.29 is 34.2 Å². The standard InChI is InChI=1S/C21H39N5O7/c1-5-12(4)16(23)19(30)24-13(8-6-7-9-22)18(29)26-17(11(2)3)20(31)25-14(21(32)33)10-15(27)28/h11-14,16-17H,5-10,22-23H2,1-4H3,(H,24,30)(H,25,31)(H,26,29)(H,27,28)(H,32,33). The number of carbonyl (C=O) groups excluding carboxylic acids is 3. The number of carboxylic acids is 2. The molecule has 0 aliphatic heterocycles. The maximum atomic E-state index is 13.0. The van der Waals surface area contributed by atoms with Gasteiger partial charge >= 0.3 is 11.9 Å². The van der Waals surface area contributed by atoms with Crippen LogP contribution in [-0.2, 0) is 24.0 Å². The van der Waals surface area contributed by atoms with Crippen LogP contribution in [0.25, 0.3) is 0 Å². The zero-order chi connectivity index (χ0) is 25.7. The molecule has 0 fully saturated rings. The fourth-order valence-corrected chi connectivity index (χ4v) is 2.97. The second-order valence-corrected chi connectivity index (χ2v) is 8.48. The Morgan fingerprint density at radius 1 is 0.848 bits per heavy atom. The average molecular weight is 474 g/mol. The van der Waals surface area contributed by atoms with Crippen molar-refractivity contribution in [2.75, 3.05) is 6.54 Å². The van der Waals surface area contributed by atoms with E-state index in [2.05, 4.69) is 16.0 Å². The van der Waals surface area contributed by atoms with E-state index in [0.29, 0.717) is 25.8 Å². The molecule has 0 rings (SSSR count). The summed E-state index contributed by atoms with van der Waals surface area (Å²) in [5, 5.41) is 25.4. The predicted molar refractivity (Wildman–Crippen MR) is 121 cm³/mol. The van der Waals surface area contributed by atoms with E-state index < -0.39 is 66.2 Å². The van der Waals surface area contributed by atoms with E-state index in [9.17, 15) is 24.0 Å². The third kappa shape index (κ3) is 11.1. The Kier molecular flexibility index (Phi) is 13.9. The van der Waals surface area contributed by atoms with Gasteiger partial charge in [0, 0.05) is 0 Å². The third-order valence-electron chi connectivity index (χ3n) is 5.38. The lowest BCUT2D eigenvalue weighted by molar-refractivity contribution is -0.147. The van der Waals surface area contributed by atoms with Crippen LogP contribution in [-0.4, -0.2) is 70.6 Å². The maximum Gasteiger partial charge on any atom is 0.326 e. The summed E-state index contributed by atoms with van der Waals surface area (Å²) in [6, 6.07) is -4.58. The number of aliphatic carboxylic acids is 2. The van der Waals surface area contributed by atoms with Crippen LogP contribution in [0.5, 0.6) is 0 Å². The Morgan fingerprint density at radius 2 is 1.42 bits per heavy atom. The van der Waals surface area contributed by atoms with Crippen molar-refractivity contribution >= 4 is 29.7 Å². The van der Waals surface area contributed by atoms with Gasteiger partial charge < -0.3 is 37.6 Å². The van der Waals surface area contributed by atoms with E-state index in [1.165, 1.54) is 0 Å². The average Bonchev–Trinajstić information content (AvgIpc) is 2.74. The molecule has 0 aliphatic carbocycles. The van der Waals surface area contributed by atoms with Crippen LogP contribution in [0.3, 0.4) is 0 Å². The molecular formula is C21H39N5O7. The van der Waals surface area contributed by atoms with Crippen molar-refractivity contribution in [2.24, 2.45) is 23.3 Å². The number of rotatable bonds is 16. The molecule has 0 saturated heterocycles. The normalized spacial score (nSPS) is 15.6. The molecule has 12 heteroatoms. The van der Waals surface area contributed by atoms with Crippen molar-refractivity contribution in [3.05, 3.63) is 0 Å². The number of hydrogen-bond acceptors (Lipinski definition) is 7. The van der Waals surface area contributed by atoms with Crippen molar-refractivity contribution in [1.29, 1.82) is 0 Å². The van der Waals surface area contributed by atoms with Crippen molar-refractivity contribution in [3.63, 3.8) is 0 Å². The molecule has 190 valence electrons. The van der Waals surface area contributed by atoms with Crippen LogP contribution in [0.2, 0.25) is 0 Å². The highest BCUT2D eigenvalue weighted by atomic mass is 16.4. The highest BCUT2D eigenvalue weighted by molar-refractivity contribution is 5.94. The van der Waals surface area contributed by atoms with Crippen LogP contribution >= 0.6 is 0 Å². The van der Waals surface area contributed by atoms with Gasteiger partial charge in [0.05, 0.1) is 12.5 Å². The quantitative estimate of drug-likeness (QED) is 0.139. The van der Waals surface area contributed by atoms with Gasteiger partial charge in [-0.3, -0.25) is 19.2 Å². The summed E-state index contributed by atoms with van der Waals surface area (Å²) in [4.78, 5) is 60.3. The zero-order valence-electron chi connectivity index (χ0n) is 19.8. The van der Waals surface area contributed by atoms with E-state index in [0.717, 1.165) is 0 Å². The van der Waals surface area contributed by atoms with E-state index in [4.69, 9.17) is 21.7 Å². The second-order valence-electron chi connectivity index (χ2n) is 8.48. The molecule has 0 bridgehead atoms. The molecule has 0 aromatic rings. The van der Waals surface area contributed by atoms with E-state index >= 15 is 0 Å². The van der Waals surface area contributed by atoms with Crippen LogP contribution in [0, 0.1) is 11.8 Å². The third-order valence-corrected chi connectivity index (χ3v) is 5.38. The molecule has 3 amide bonds. The summed E-state index contributed by atoms with van der Waals surface area (Å²) in [5.74, 6) is -5.41.